The van der Waals surface area contributed by atoms with E-state index in [1.807, 2.05) is 0 Å². The first-order valence-corrected chi connectivity index (χ1v) is 4.47. The Balaban J connectivity index is 1.96. The third-order valence-corrected chi connectivity index (χ3v) is 2.93. The summed E-state index contributed by atoms with van der Waals surface area (Å²) in [5.41, 5.74) is 0. The van der Waals surface area contributed by atoms with Crippen LogP contribution in [0.3, 0.4) is 0 Å². The van der Waals surface area contributed by atoms with Gasteiger partial charge in [0.05, 0.1) is 5.92 Å². The highest BCUT2D eigenvalue weighted by Gasteiger charge is 2.35. The van der Waals surface area contributed by atoms with E-state index in [1.165, 1.54) is 0 Å². The first-order valence-electron chi connectivity index (χ1n) is 4.47. The summed E-state index contributed by atoms with van der Waals surface area (Å²) in [5.74, 6) is -0.763. The van der Waals surface area contributed by atoms with Crippen molar-refractivity contribution in [3.05, 3.63) is 0 Å². The van der Waals surface area contributed by atoms with Crippen LogP contribution in [0.1, 0.15) is 19.3 Å². The predicted molar refractivity (Wildman–Crippen MR) is 43.7 cm³/mol. The number of hydrogen-bond donors (Lipinski definition) is 3. The molecule has 68 valence electrons. The number of carbonyl (C=O) groups is 1. The van der Waals surface area contributed by atoms with Gasteiger partial charge in [-0.25, -0.2) is 0 Å². The zero-order chi connectivity index (χ0) is 8.55. The van der Waals surface area contributed by atoms with Crippen LogP contribution in [0.5, 0.6) is 0 Å². The van der Waals surface area contributed by atoms with Gasteiger partial charge in [-0.15, -0.1) is 0 Å². The molecule has 3 N–H and O–H groups in total. The Morgan fingerprint density at radius 3 is 2.75 bits per heavy atom. The average Bonchev–Trinajstić information content (AvgIpc) is 2.49. The molecule has 0 aromatic rings. The summed E-state index contributed by atoms with van der Waals surface area (Å²) in [6, 6.07) is 0.903. The molecule has 2 rings (SSSR count). The van der Waals surface area contributed by atoms with Gasteiger partial charge in [0, 0.05) is 18.8 Å². The summed E-state index contributed by atoms with van der Waals surface area (Å²) in [5, 5.41) is 15.4. The fraction of sp³-hybridized carbons (Fsp3) is 0.875. The zero-order valence-electron chi connectivity index (χ0n) is 6.92. The van der Waals surface area contributed by atoms with Crippen molar-refractivity contribution in [1.29, 1.82) is 0 Å². The molecule has 1 aliphatic heterocycles. The van der Waals surface area contributed by atoms with Crippen LogP contribution < -0.4 is 10.6 Å². The van der Waals surface area contributed by atoms with E-state index in [2.05, 4.69) is 10.6 Å². The van der Waals surface area contributed by atoms with Gasteiger partial charge >= 0.3 is 5.97 Å². The van der Waals surface area contributed by atoms with E-state index in [0.717, 1.165) is 25.9 Å². The lowest BCUT2D eigenvalue weighted by Gasteiger charge is -2.28. The standard InChI is InChI=1S/C8H14N2O2/c11-8(12)5-1-2-6-7(3-5)10-4-9-6/h5-7,9-10H,1-4H2,(H,11,12). The lowest BCUT2D eigenvalue weighted by molar-refractivity contribution is -0.143. The SMILES string of the molecule is O=C(O)C1CCC2NCNC2C1. The molecule has 2 fully saturated rings. The molecule has 0 bridgehead atoms. The molecule has 4 nitrogen and oxygen atoms in total. The van der Waals surface area contributed by atoms with E-state index in [4.69, 9.17) is 5.11 Å². The topological polar surface area (TPSA) is 61.4 Å². The van der Waals surface area contributed by atoms with Gasteiger partial charge in [-0.3, -0.25) is 4.79 Å². The van der Waals surface area contributed by atoms with E-state index in [1.54, 1.807) is 0 Å². The minimum atomic E-state index is -0.637. The number of carboxylic acids is 1. The zero-order valence-corrected chi connectivity index (χ0v) is 6.92. The van der Waals surface area contributed by atoms with Gasteiger partial charge in [0.25, 0.3) is 0 Å². The molecule has 0 aromatic carbocycles. The maximum Gasteiger partial charge on any atom is 0.306 e. The highest BCUT2D eigenvalue weighted by Crippen LogP contribution is 2.26. The number of carboxylic acid groups (broad SMARTS) is 1. The van der Waals surface area contributed by atoms with Crippen molar-refractivity contribution in [2.24, 2.45) is 5.92 Å². The van der Waals surface area contributed by atoms with Crippen molar-refractivity contribution < 1.29 is 9.90 Å². The third-order valence-electron chi connectivity index (χ3n) is 2.93. The summed E-state index contributed by atoms with van der Waals surface area (Å²) in [6.07, 6.45) is 2.60. The smallest absolute Gasteiger partial charge is 0.306 e. The number of rotatable bonds is 1. The number of nitrogens with one attached hydrogen (secondary N) is 2. The van der Waals surface area contributed by atoms with E-state index in [0.29, 0.717) is 12.1 Å². The highest BCUT2D eigenvalue weighted by molar-refractivity contribution is 5.70. The second-order valence-corrected chi connectivity index (χ2v) is 3.65. The Bertz CT molecular complexity index is 195. The fourth-order valence-corrected chi connectivity index (χ4v) is 2.19. The molecule has 0 radical (unpaired) electrons. The molecule has 1 saturated carbocycles. The van der Waals surface area contributed by atoms with Crippen molar-refractivity contribution in [3.8, 4) is 0 Å². The molecule has 3 unspecified atom stereocenters. The van der Waals surface area contributed by atoms with E-state index in [-0.39, 0.29) is 5.92 Å². The van der Waals surface area contributed by atoms with Crippen molar-refractivity contribution in [3.63, 3.8) is 0 Å². The third kappa shape index (κ3) is 1.32. The van der Waals surface area contributed by atoms with Gasteiger partial charge in [-0.05, 0) is 19.3 Å². The predicted octanol–water partition coefficient (Wildman–Crippen LogP) is -0.241. The first kappa shape index (κ1) is 8.01. The summed E-state index contributed by atoms with van der Waals surface area (Å²) >= 11 is 0. The summed E-state index contributed by atoms with van der Waals surface area (Å²) in [6.45, 7) is 0.835. The van der Waals surface area contributed by atoms with Gasteiger partial charge in [0.1, 0.15) is 0 Å². The molecule has 0 amide bonds. The molecule has 3 atom stereocenters. The summed E-state index contributed by atoms with van der Waals surface area (Å²) in [7, 11) is 0. The fourth-order valence-electron chi connectivity index (χ4n) is 2.19. The van der Waals surface area contributed by atoms with Crippen LogP contribution >= 0.6 is 0 Å². The number of aliphatic carboxylic acids is 1. The van der Waals surface area contributed by atoms with Crippen LogP contribution in [0.2, 0.25) is 0 Å². The molecule has 4 heteroatoms. The Morgan fingerprint density at radius 2 is 2.00 bits per heavy atom. The minimum Gasteiger partial charge on any atom is -0.481 e. The van der Waals surface area contributed by atoms with Crippen LogP contribution in [0, 0.1) is 5.92 Å². The second kappa shape index (κ2) is 3.03. The Labute approximate surface area is 71.3 Å². The van der Waals surface area contributed by atoms with Crippen LogP contribution in [0.25, 0.3) is 0 Å². The average molecular weight is 170 g/mol. The van der Waals surface area contributed by atoms with Gasteiger partial charge in [0.15, 0.2) is 0 Å². The van der Waals surface area contributed by atoms with Gasteiger partial charge in [0.2, 0.25) is 0 Å². The van der Waals surface area contributed by atoms with Crippen LogP contribution in [-0.4, -0.2) is 29.8 Å². The van der Waals surface area contributed by atoms with E-state index in [9.17, 15) is 4.79 Å². The molecule has 0 spiro atoms. The first-order chi connectivity index (χ1) is 5.77. The Hall–Kier alpha value is -0.610. The van der Waals surface area contributed by atoms with Gasteiger partial charge < -0.3 is 15.7 Å². The largest absolute Gasteiger partial charge is 0.481 e. The monoisotopic (exact) mass is 170 g/mol. The summed E-state index contributed by atoms with van der Waals surface area (Å²) < 4.78 is 0. The molecule has 12 heavy (non-hydrogen) atoms. The van der Waals surface area contributed by atoms with Crippen molar-refractivity contribution >= 4 is 5.97 Å². The number of fused-ring (bicyclic) bond motifs is 1. The van der Waals surface area contributed by atoms with Crippen LogP contribution in [0.4, 0.5) is 0 Å². The van der Waals surface area contributed by atoms with Gasteiger partial charge in [-0.1, -0.05) is 0 Å². The molecule has 2 aliphatic rings. The second-order valence-electron chi connectivity index (χ2n) is 3.65. The lowest BCUT2D eigenvalue weighted by atomic mass is 9.83. The quantitative estimate of drug-likeness (QED) is 0.508. The minimum absolute atomic E-state index is 0.126. The normalized spacial score (nSPS) is 40.8. The van der Waals surface area contributed by atoms with E-state index < -0.39 is 5.97 Å². The molecule has 0 aromatic heterocycles. The van der Waals surface area contributed by atoms with Crippen LogP contribution in [0.15, 0.2) is 0 Å². The molecule has 1 aliphatic carbocycles. The molecule has 1 heterocycles. The van der Waals surface area contributed by atoms with Gasteiger partial charge in [-0.2, -0.15) is 0 Å². The number of hydrogen-bond acceptors (Lipinski definition) is 3. The van der Waals surface area contributed by atoms with Crippen molar-refractivity contribution in [2.75, 3.05) is 6.67 Å². The maximum atomic E-state index is 10.7. The van der Waals surface area contributed by atoms with Crippen molar-refractivity contribution in [2.45, 2.75) is 31.3 Å². The molecule has 1 saturated heterocycles. The Morgan fingerprint density at radius 1 is 1.25 bits per heavy atom. The molecular formula is C8H14N2O2. The van der Waals surface area contributed by atoms with Crippen LogP contribution in [-0.2, 0) is 4.79 Å². The highest BCUT2D eigenvalue weighted by atomic mass is 16.4. The molecular weight excluding hydrogens is 156 g/mol. The Kier molecular flexibility index (Phi) is 2.02. The summed E-state index contributed by atoms with van der Waals surface area (Å²) in [4.78, 5) is 10.7. The van der Waals surface area contributed by atoms with Crippen molar-refractivity contribution in [1.82, 2.24) is 10.6 Å². The maximum absolute atomic E-state index is 10.7. The lowest BCUT2D eigenvalue weighted by Crippen LogP contribution is -2.41. The van der Waals surface area contributed by atoms with E-state index >= 15 is 0 Å².